The van der Waals surface area contributed by atoms with Crippen molar-refractivity contribution in [3.05, 3.63) is 54.0 Å². The molecular weight excluding hydrogens is 287 g/mol. The van der Waals surface area contributed by atoms with Crippen molar-refractivity contribution < 1.29 is 14.3 Å². The number of halogens is 1. The molecule has 0 aliphatic carbocycles. The monoisotopic (exact) mass is 300 g/mol. The van der Waals surface area contributed by atoms with Crippen LogP contribution in [0.1, 0.15) is 12.0 Å². The summed E-state index contributed by atoms with van der Waals surface area (Å²) < 4.78 is 18.6. The van der Waals surface area contributed by atoms with Crippen LogP contribution in [0.3, 0.4) is 0 Å². The highest BCUT2D eigenvalue weighted by Gasteiger charge is 2.21. The zero-order chi connectivity index (χ0) is 15.4. The first-order valence-corrected chi connectivity index (χ1v) is 6.69. The predicted octanol–water partition coefficient (Wildman–Crippen LogP) is 2.84. The summed E-state index contributed by atoms with van der Waals surface area (Å²) in [6.45, 7) is 0.615. The molecule has 1 aromatic carbocycles. The van der Waals surface area contributed by atoms with Crippen molar-refractivity contribution in [1.29, 1.82) is 0 Å². The fraction of sp³-hybridized carbons (Fsp3) is 0.133. The fourth-order valence-electron chi connectivity index (χ4n) is 2.06. The number of pyridine rings is 1. The lowest BCUT2D eigenvalue weighted by Crippen LogP contribution is -2.25. The van der Waals surface area contributed by atoms with Crippen LogP contribution in [0.15, 0.2) is 52.9 Å². The van der Waals surface area contributed by atoms with Crippen LogP contribution in [-0.2, 0) is 0 Å². The minimum atomic E-state index is -0.349. The first kappa shape index (κ1) is 14.0. The number of amidine groups is 1. The number of aromatic nitrogens is 1. The minimum Gasteiger partial charge on any atom is -0.438 e. The van der Waals surface area contributed by atoms with E-state index in [4.69, 9.17) is 4.74 Å². The van der Waals surface area contributed by atoms with Crippen molar-refractivity contribution >= 4 is 12.1 Å². The maximum atomic E-state index is 12.9. The van der Waals surface area contributed by atoms with E-state index in [1.165, 1.54) is 24.3 Å². The highest BCUT2D eigenvalue weighted by molar-refractivity contribution is 6.01. The van der Waals surface area contributed by atoms with E-state index in [1.807, 2.05) is 0 Å². The van der Waals surface area contributed by atoms with E-state index in [1.54, 1.807) is 29.6 Å². The van der Waals surface area contributed by atoms with Crippen molar-refractivity contribution in [3.63, 3.8) is 0 Å². The quantitative estimate of drug-likeness (QED) is 0.409. The second-order valence-electron chi connectivity index (χ2n) is 4.55. The summed E-state index contributed by atoms with van der Waals surface area (Å²) in [5.74, 6) is 0.587. The molecule has 3 rings (SSSR count). The van der Waals surface area contributed by atoms with Crippen LogP contribution in [-0.4, -0.2) is 33.8 Å². The average Bonchev–Trinajstić information content (AvgIpc) is 3.06. The molecule has 2 aromatic rings. The average molecular weight is 300 g/mol. The van der Waals surface area contributed by atoms with E-state index in [-0.39, 0.29) is 17.5 Å². The molecule has 22 heavy (non-hydrogen) atoms. The van der Waals surface area contributed by atoms with E-state index in [0.29, 0.717) is 17.9 Å². The van der Waals surface area contributed by atoms with Crippen LogP contribution in [0.4, 0.5) is 4.39 Å². The molecule has 0 saturated heterocycles. The maximum absolute atomic E-state index is 12.9. The maximum Gasteiger partial charge on any atom is 0.230 e. The van der Waals surface area contributed by atoms with Crippen LogP contribution in [0.5, 0.6) is 11.6 Å². The van der Waals surface area contributed by atoms with Gasteiger partial charge in [0.25, 0.3) is 0 Å². The summed E-state index contributed by atoms with van der Waals surface area (Å²) in [4.78, 5) is 4.15. The van der Waals surface area contributed by atoms with Crippen molar-refractivity contribution in [3.8, 4) is 11.6 Å². The molecule has 0 fully saturated rings. The molecule has 1 N–H and O–H groups in total. The van der Waals surface area contributed by atoms with Gasteiger partial charge in [0.2, 0.25) is 11.7 Å². The number of rotatable bonds is 3. The number of hydrazone groups is 1. The lowest BCUT2D eigenvalue weighted by Gasteiger charge is -2.17. The molecular formula is C15H13FN4O2. The Hall–Kier alpha value is -2.96. The Balaban J connectivity index is 1.92. The van der Waals surface area contributed by atoms with Gasteiger partial charge in [-0.15, -0.1) is 0 Å². The molecule has 112 valence electrons. The van der Waals surface area contributed by atoms with E-state index >= 15 is 0 Å². The van der Waals surface area contributed by atoms with E-state index in [0.717, 1.165) is 6.42 Å². The highest BCUT2D eigenvalue weighted by Crippen LogP contribution is 2.25. The Labute approximate surface area is 126 Å². The molecule has 0 saturated carbocycles. The molecule has 0 amide bonds. The van der Waals surface area contributed by atoms with Crippen molar-refractivity contribution in [2.75, 3.05) is 6.54 Å². The Kier molecular flexibility index (Phi) is 3.95. The van der Waals surface area contributed by atoms with Gasteiger partial charge >= 0.3 is 0 Å². The molecule has 6 nitrogen and oxygen atoms in total. The summed E-state index contributed by atoms with van der Waals surface area (Å²) in [5.41, 5.74) is 0.494. The van der Waals surface area contributed by atoms with Gasteiger partial charge in [-0.1, -0.05) is 5.16 Å². The Morgan fingerprint density at radius 3 is 2.77 bits per heavy atom. The SMILES string of the molecule is O/N=C(/c1cccnc1Oc1ccc(F)cc1)N1CCC=N1. The van der Waals surface area contributed by atoms with Crippen LogP contribution in [0, 0.1) is 5.82 Å². The summed E-state index contributed by atoms with van der Waals surface area (Å²) in [7, 11) is 0. The van der Waals surface area contributed by atoms with Gasteiger partial charge < -0.3 is 9.94 Å². The molecule has 2 heterocycles. The van der Waals surface area contributed by atoms with Gasteiger partial charge in [0.05, 0.1) is 5.56 Å². The largest absolute Gasteiger partial charge is 0.438 e. The number of oxime groups is 1. The first-order valence-electron chi connectivity index (χ1n) is 6.69. The van der Waals surface area contributed by atoms with Crippen LogP contribution in [0.25, 0.3) is 0 Å². The number of hydrogen-bond donors (Lipinski definition) is 1. The summed E-state index contributed by atoms with van der Waals surface area (Å²) in [6.07, 6.45) is 4.07. The van der Waals surface area contributed by atoms with Crippen molar-refractivity contribution in [2.24, 2.45) is 10.3 Å². The summed E-state index contributed by atoms with van der Waals surface area (Å²) >= 11 is 0. The standard InChI is InChI=1S/C15H13FN4O2/c16-11-4-6-12(7-5-11)22-15-13(3-1-8-17-15)14(19-21)20-10-2-9-18-20/h1,3-9,21H,2,10H2/b19-14-. The molecule has 0 unspecified atom stereocenters. The summed E-state index contributed by atoms with van der Waals surface area (Å²) in [5, 5.41) is 18.3. The third kappa shape index (κ3) is 2.88. The fourth-order valence-corrected chi connectivity index (χ4v) is 2.06. The molecule has 0 atom stereocenters. The normalized spacial score (nSPS) is 14.4. The van der Waals surface area contributed by atoms with Gasteiger partial charge in [-0.05, 0) is 36.4 Å². The number of nitrogens with zero attached hydrogens (tertiary/aromatic N) is 4. The molecule has 0 radical (unpaired) electrons. The second-order valence-corrected chi connectivity index (χ2v) is 4.55. The van der Waals surface area contributed by atoms with Crippen LogP contribution >= 0.6 is 0 Å². The van der Waals surface area contributed by atoms with Crippen molar-refractivity contribution in [1.82, 2.24) is 9.99 Å². The van der Waals surface area contributed by atoms with E-state index in [9.17, 15) is 9.60 Å². The van der Waals surface area contributed by atoms with E-state index in [2.05, 4.69) is 15.2 Å². The smallest absolute Gasteiger partial charge is 0.230 e. The second kappa shape index (κ2) is 6.21. The summed E-state index contributed by atoms with van der Waals surface area (Å²) in [6, 6.07) is 9.01. The van der Waals surface area contributed by atoms with Gasteiger partial charge in [-0.2, -0.15) is 5.10 Å². The van der Waals surface area contributed by atoms with Gasteiger partial charge in [-0.25, -0.2) is 14.4 Å². The van der Waals surface area contributed by atoms with Gasteiger partial charge in [-0.3, -0.25) is 0 Å². The number of ether oxygens (including phenoxy) is 1. The van der Waals surface area contributed by atoms with Gasteiger partial charge in [0.15, 0.2) is 0 Å². The van der Waals surface area contributed by atoms with Crippen LogP contribution in [0.2, 0.25) is 0 Å². The first-order chi connectivity index (χ1) is 10.8. The molecule has 0 spiro atoms. The predicted molar refractivity (Wildman–Crippen MR) is 78.8 cm³/mol. The lowest BCUT2D eigenvalue weighted by molar-refractivity contribution is 0.304. The topological polar surface area (TPSA) is 70.3 Å². The Bertz CT molecular complexity index is 716. The van der Waals surface area contributed by atoms with Crippen LogP contribution < -0.4 is 4.74 Å². The Morgan fingerprint density at radius 1 is 1.27 bits per heavy atom. The zero-order valence-electron chi connectivity index (χ0n) is 11.6. The van der Waals surface area contributed by atoms with Crippen molar-refractivity contribution in [2.45, 2.75) is 6.42 Å². The molecule has 0 bridgehead atoms. The molecule has 1 aliphatic rings. The number of benzene rings is 1. The van der Waals surface area contributed by atoms with Gasteiger partial charge in [0.1, 0.15) is 11.6 Å². The Morgan fingerprint density at radius 2 is 2.09 bits per heavy atom. The van der Waals surface area contributed by atoms with E-state index < -0.39 is 0 Å². The minimum absolute atomic E-state index is 0.249. The molecule has 1 aliphatic heterocycles. The zero-order valence-corrected chi connectivity index (χ0v) is 11.6. The van der Waals surface area contributed by atoms with Gasteiger partial charge in [0, 0.05) is 25.4 Å². The third-order valence-electron chi connectivity index (χ3n) is 3.07. The number of hydrogen-bond acceptors (Lipinski definition) is 5. The molecule has 7 heteroatoms. The molecule has 1 aromatic heterocycles. The highest BCUT2D eigenvalue weighted by atomic mass is 19.1. The third-order valence-corrected chi connectivity index (χ3v) is 3.07. The lowest BCUT2D eigenvalue weighted by atomic mass is 10.2.